The number of hydrogen-bond donors (Lipinski definition) is 2. The number of halogens is 1. The molecule has 4 rings (SSSR count). The molecule has 2 aromatic rings. The molecule has 0 bridgehead atoms. The van der Waals surface area contributed by atoms with Crippen molar-refractivity contribution in [2.24, 2.45) is 5.92 Å². The third-order valence-corrected chi connectivity index (χ3v) is 5.31. The minimum absolute atomic E-state index is 0. The van der Waals surface area contributed by atoms with Gasteiger partial charge in [-0.25, -0.2) is 0 Å². The van der Waals surface area contributed by atoms with Crippen molar-refractivity contribution in [3.8, 4) is 0 Å². The molecule has 23 heavy (non-hydrogen) atoms. The summed E-state index contributed by atoms with van der Waals surface area (Å²) in [6.45, 7) is 1.99. The number of carbonyl (C=O) groups excluding carboxylic acids is 1. The van der Waals surface area contributed by atoms with Crippen LogP contribution in [0.3, 0.4) is 0 Å². The second kappa shape index (κ2) is 5.57. The van der Waals surface area contributed by atoms with Crippen molar-refractivity contribution in [1.29, 1.82) is 0 Å². The standard InChI is InChI=1S/C19H20N2O.ClH/c1-12-6-7-14(20)10-17(12)21-18(22)16-11-19(16)9-8-13-4-2-3-5-15(13)19;/h2-7,10,16H,8-9,11,20H2,1H3,(H,21,22);1H. The molecule has 1 saturated carbocycles. The van der Waals surface area contributed by atoms with Crippen LogP contribution in [0, 0.1) is 12.8 Å². The molecule has 2 aromatic carbocycles. The van der Waals surface area contributed by atoms with Crippen LogP contribution >= 0.6 is 12.4 Å². The topological polar surface area (TPSA) is 55.1 Å². The van der Waals surface area contributed by atoms with Gasteiger partial charge in [0.1, 0.15) is 0 Å². The summed E-state index contributed by atoms with van der Waals surface area (Å²) >= 11 is 0. The molecule has 2 unspecified atom stereocenters. The number of nitrogens with two attached hydrogens (primary N) is 1. The van der Waals surface area contributed by atoms with Crippen molar-refractivity contribution in [3.05, 3.63) is 59.2 Å². The normalized spacial score (nSPS) is 24.0. The van der Waals surface area contributed by atoms with Gasteiger partial charge in [0.15, 0.2) is 0 Å². The molecule has 3 nitrogen and oxygen atoms in total. The lowest BCUT2D eigenvalue weighted by Crippen LogP contribution is -2.20. The van der Waals surface area contributed by atoms with Crippen molar-refractivity contribution in [2.75, 3.05) is 11.1 Å². The van der Waals surface area contributed by atoms with Gasteiger partial charge in [0, 0.05) is 22.7 Å². The zero-order valence-corrected chi connectivity index (χ0v) is 14.0. The molecule has 1 amide bonds. The smallest absolute Gasteiger partial charge is 0.228 e. The Morgan fingerprint density at radius 3 is 2.87 bits per heavy atom. The number of aryl methyl sites for hydroxylation is 2. The molecule has 1 fully saturated rings. The van der Waals surface area contributed by atoms with E-state index < -0.39 is 0 Å². The number of rotatable bonds is 2. The summed E-state index contributed by atoms with van der Waals surface area (Å²) in [4.78, 5) is 12.7. The summed E-state index contributed by atoms with van der Waals surface area (Å²) in [5.74, 6) is 0.224. The predicted octanol–water partition coefficient (Wildman–Crippen LogP) is 3.84. The Balaban J connectivity index is 0.00000156. The zero-order chi connectivity index (χ0) is 15.3. The summed E-state index contributed by atoms with van der Waals surface area (Å²) in [5.41, 5.74) is 11.3. The van der Waals surface area contributed by atoms with Crippen LogP contribution in [0.4, 0.5) is 11.4 Å². The molecule has 0 saturated heterocycles. The van der Waals surface area contributed by atoms with Crippen LogP contribution in [0.25, 0.3) is 0 Å². The number of hydrogen-bond acceptors (Lipinski definition) is 2. The van der Waals surface area contributed by atoms with Crippen molar-refractivity contribution in [1.82, 2.24) is 0 Å². The molecule has 0 heterocycles. The fraction of sp³-hybridized carbons (Fsp3) is 0.316. The van der Waals surface area contributed by atoms with E-state index in [0.717, 1.165) is 30.5 Å². The summed E-state index contributed by atoms with van der Waals surface area (Å²) in [6.07, 6.45) is 3.16. The van der Waals surface area contributed by atoms with E-state index in [-0.39, 0.29) is 29.6 Å². The summed E-state index contributed by atoms with van der Waals surface area (Å²) in [7, 11) is 0. The van der Waals surface area contributed by atoms with Gasteiger partial charge in [-0.1, -0.05) is 30.3 Å². The van der Waals surface area contributed by atoms with Gasteiger partial charge in [0.05, 0.1) is 0 Å². The minimum Gasteiger partial charge on any atom is -0.399 e. The number of fused-ring (bicyclic) bond motifs is 2. The fourth-order valence-electron chi connectivity index (χ4n) is 3.93. The lowest BCUT2D eigenvalue weighted by molar-refractivity contribution is -0.117. The van der Waals surface area contributed by atoms with Crippen LogP contribution in [0.2, 0.25) is 0 Å². The first-order chi connectivity index (χ1) is 10.6. The SMILES string of the molecule is Cc1ccc(N)cc1NC(=O)C1CC12CCc1ccccc12.Cl. The van der Waals surface area contributed by atoms with Crippen LogP contribution < -0.4 is 11.1 Å². The summed E-state index contributed by atoms with van der Waals surface area (Å²) < 4.78 is 0. The fourth-order valence-corrected chi connectivity index (χ4v) is 3.93. The van der Waals surface area contributed by atoms with Crippen LogP contribution in [-0.4, -0.2) is 5.91 Å². The molecule has 2 aliphatic carbocycles. The molecule has 0 aliphatic heterocycles. The predicted molar refractivity (Wildman–Crippen MR) is 96.0 cm³/mol. The first-order valence-electron chi connectivity index (χ1n) is 7.85. The number of nitrogens with one attached hydrogen (secondary N) is 1. The second-order valence-electron chi connectivity index (χ2n) is 6.63. The molecular formula is C19H21ClN2O. The number of amides is 1. The van der Waals surface area contributed by atoms with Gasteiger partial charge in [0.25, 0.3) is 0 Å². The molecule has 120 valence electrons. The van der Waals surface area contributed by atoms with Crippen LogP contribution in [0.1, 0.15) is 29.5 Å². The largest absolute Gasteiger partial charge is 0.399 e. The number of anilines is 2. The Morgan fingerprint density at radius 1 is 1.26 bits per heavy atom. The summed E-state index contributed by atoms with van der Waals surface area (Å²) in [6, 6.07) is 14.2. The highest BCUT2D eigenvalue weighted by atomic mass is 35.5. The molecule has 0 radical (unpaired) electrons. The summed E-state index contributed by atoms with van der Waals surface area (Å²) in [5, 5.41) is 3.08. The van der Waals surface area contributed by atoms with Gasteiger partial charge in [0.2, 0.25) is 5.91 Å². The molecule has 3 N–H and O–H groups in total. The zero-order valence-electron chi connectivity index (χ0n) is 13.1. The Bertz CT molecular complexity index is 774. The molecule has 1 spiro atoms. The van der Waals surface area contributed by atoms with Gasteiger partial charge < -0.3 is 11.1 Å². The van der Waals surface area contributed by atoms with E-state index in [9.17, 15) is 4.79 Å². The average Bonchev–Trinajstić information content (AvgIpc) is 3.13. The minimum atomic E-state index is 0. The average molecular weight is 329 g/mol. The highest BCUT2D eigenvalue weighted by Crippen LogP contribution is 2.61. The Hall–Kier alpha value is -2.00. The third kappa shape index (κ3) is 2.49. The molecule has 2 atom stereocenters. The first kappa shape index (κ1) is 15.9. The van der Waals surface area contributed by atoms with Crippen molar-refractivity contribution in [3.63, 3.8) is 0 Å². The quantitative estimate of drug-likeness (QED) is 0.823. The van der Waals surface area contributed by atoms with Gasteiger partial charge >= 0.3 is 0 Å². The van der Waals surface area contributed by atoms with Gasteiger partial charge in [-0.2, -0.15) is 0 Å². The van der Waals surface area contributed by atoms with Crippen LogP contribution in [0.15, 0.2) is 42.5 Å². The lowest BCUT2D eigenvalue weighted by atomic mass is 9.95. The monoisotopic (exact) mass is 328 g/mol. The van der Waals surface area contributed by atoms with Gasteiger partial charge in [-0.3, -0.25) is 4.79 Å². The number of nitrogen functional groups attached to an aromatic ring is 1. The van der Waals surface area contributed by atoms with E-state index >= 15 is 0 Å². The Kier molecular flexibility index (Phi) is 3.85. The molecule has 2 aliphatic rings. The van der Waals surface area contributed by atoms with E-state index in [2.05, 4.69) is 29.6 Å². The van der Waals surface area contributed by atoms with Gasteiger partial charge in [-0.05, 0) is 55.0 Å². The van der Waals surface area contributed by atoms with E-state index in [0.29, 0.717) is 5.69 Å². The van der Waals surface area contributed by atoms with E-state index in [1.165, 1.54) is 11.1 Å². The van der Waals surface area contributed by atoms with Gasteiger partial charge in [-0.15, -0.1) is 12.4 Å². The van der Waals surface area contributed by atoms with E-state index in [4.69, 9.17) is 5.73 Å². The van der Waals surface area contributed by atoms with Crippen LogP contribution in [0.5, 0.6) is 0 Å². The molecular weight excluding hydrogens is 308 g/mol. The van der Waals surface area contributed by atoms with E-state index in [1.54, 1.807) is 0 Å². The van der Waals surface area contributed by atoms with Crippen molar-refractivity contribution in [2.45, 2.75) is 31.6 Å². The van der Waals surface area contributed by atoms with E-state index in [1.807, 2.05) is 25.1 Å². The lowest BCUT2D eigenvalue weighted by Gasteiger charge is -2.13. The Morgan fingerprint density at radius 2 is 2.04 bits per heavy atom. The third-order valence-electron chi connectivity index (χ3n) is 5.31. The maximum Gasteiger partial charge on any atom is 0.228 e. The maximum atomic E-state index is 12.7. The highest BCUT2D eigenvalue weighted by Gasteiger charge is 2.61. The number of benzene rings is 2. The first-order valence-corrected chi connectivity index (χ1v) is 7.85. The van der Waals surface area contributed by atoms with Crippen molar-refractivity contribution >= 4 is 29.7 Å². The second-order valence-corrected chi connectivity index (χ2v) is 6.63. The van der Waals surface area contributed by atoms with Crippen molar-refractivity contribution < 1.29 is 4.79 Å². The van der Waals surface area contributed by atoms with Crippen LogP contribution in [-0.2, 0) is 16.6 Å². The highest BCUT2D eigenvalue weighted by molar-refractivity contribution is 5.97. The maximum absolute atomic E-state index is 12.7. The Labute approximate surface area is 142 Å². The molecule has 0 aromatic heterocycles. The molecule has 4 heteroatoms. The number of carbonyl (C=O) groups is 1.